The zero-order valence-corrected chi connectivity index (χ0v) is 16.4. The number of pyridine rings is 1. The van der Waals surface area contributed by atoms with Crippen LogP contribution in [0, 0.1) is 6.92 Å². The van der Waals surface area contributed by atoms with Gasteiger partial charge in [0.25, 0.3) is 5.91 Å². The summed E-state index contributed by atoms with van der Waals surface area (Å²) < 4.78 is 5.62. The quantitative estimate of drug-likeness (QED) is 0.607. The highest BCUT2D eigenvalue weighted by atomic mass is 16.5. The zero-order valence-electron chi connectivity index (χ0n) is 16.4. The molecule has 0 spiro atoms. The van der Waals surface area contributed by atoms with E-state index in [1.807, 2.05) is 50.2 Å². The first-order chi connectivity index (χ1) is 13.5. The average Bonchev–Trinajstić information content (AvgIpc) is 2.69. The second-order valence-corrected chi connectivity index (χ2v) is 6.85. The van der Waals surface area contributed by atoms with Crippen molar-refractivity contribution >= 4 is 17.4 Å². The fourth-order valence-corrected chi connectivity index (χ4v) is 2.75. The molecule has 1 heterocycles. The van der Waals surface area contributed by atoms with Gasteiger partial charge >= 0.3 is 0 Å². The molecule has 1 amide bonds. The number of anilines is 2. The maximum Gasteiger partial charge on any atom is 0.255 e. The van der Waals surface area contributed by atoms with Crippen LogP contribution in [0.3, 0.4) is 0 Å². The maximum absolute atomic E-state index is 12.6. The molecular weight excluding hydrogens is 350 g/mol. The number of hydrogen-bond donors (Lipinski definition) is 2. The summed E-state index contributed by atoms with van der Waals surface area (Å²) in [4.78, 5) is 16.9. The highest BCUT2D eigenvalue weighted by Gasteiger charge is 2.08. The number of carbonyl (C=O) groups excluding carboxylic acids is 1. The topological polar surface area (TPSA) is 63.2 Å². The molecule has 5 heteroatoms. The Labute approximate surface area is 165 Å². The Morgan fingerprint density at radius 3 is 2.54 bits per heavy atom. The Morgan fingerprint density at radius 2 is 1.82 bits per heavy atom. The summed E-state index contributed by atoms with van der Waals surface area (Å²) in [7, 11) is 0. The van der Waals surface area contributed by atoms with Gasteiger partial charge in [0.1, 0.15) is 11.6 Å². The highest BCUT2D eigenvalue weighted by molar-refractivity contribution is 6.04. The number of ether oxygens (including phenoxy) is 1. The van der Waals surface area contributed by atoms with Gasteiger partial charge in [-0.15, -0.1) is 0 Å². The minimum atomic E-state index is -0.182. The van der Waals surface area contributed by atoms with Crippen LogP contribution in [-0.4, -0.2) is 17.0 Å². The second kappa shape index (κ2) is 9.04. The summed E-state index contributed by atoms with van der Waals surface area (Å²) in [5.41, 5.74) is 3.67. The molecule has 5 nitrogen and oxygen atoms in total. The maximum atomic E-state index is 12.6. The largest absolute Gasteiger partial charge is 0.491 e. The van der Waals surface area contributed by atoms with Crippen molar-refractivity contribution in [2.24, 2.45) is 0 Å². The predicted molar refractivity (Wildman–Crippen MR) is 113 cm³/mol. The molecule has 0 fully saturated rings. The number of aromatic nitrogens is 1. The highest BCUT2D eigenvalue weighted by Crippen LogP contribution is 2.18. The van der Waals surface area contributed by atoms with Gasteiger partial charge in [-0.3, -0.25) is 4.79 Å². The Hall–Kier alpha value is -3.34. The number of rotatable bonds is 7. The van der Waals surface area contributed by atoms with Gasteiger partial charge in [-0.1, -0.05) is 24.3 Å². The van der Waals surface area contributed by atoms with E-state index in [0.29, 0.717) is 23.6 Å². The molecule has 0 bridgehead atoms. The first-order valence-corrected chi connectivity index (χ1v) is 9.34. The number of nitrogens with zero attached hydrogens (tertiary/aromatic N) is 1. The third kappa shape index (κ3) is 5.33. The van der Waals surface area contributed by atoms with Crippen molar-refractivity contribution in [2.75, 3.05) is 10.6 Å². The molecule has 2 N–H and O–H groups in total. The molecule has 0 unspecified atom stereocenters. The van der Waals surface area contributed by atoms with E-state index in [-0.39, 0.29) is 12.0 Å². The lowest BCUT2D eigenvalue weighted by atomic mass is 10.1. The lowest BCUT2D eigenvalue weighted by Crippen LogP contribution is -2.13. The van der Waals surface area contributed by atoms with Gasteiger partial charge < -0.3 is 15.4 Å². The van der Waals surface area contributed by atoms with Crippen molar-refractivity contribution < 1.29 is 9.53 Å². The van der Waals surface area contributed by atoms with Crippen molar-refractivity contribution in [3.8, 4) is 5.75 Å². The molecule has 0 radical (unpaired) electrons. The van der Waals surface area contributed by atoms with E-state index in [2.05, 4.69) is 34.7 Å². The summed E-state index contributed by atoms with van der Waals surface area (Å²) in [5, 5.41) is 6.18. The lowest BCUT2D eigenvalue weighted by molar-refractivity contribution is 0.102. The summed E-state index contributed by atoms with van der Waals surface area (Å²) >= 11 is 0. The molecule has 0 saturated carbocycles. The molecule has 3 aromatic rings. The van der Waals surface area contributed by atoms with Crippen LogP contribution in [0.2, 0.25) is 0 Å². The fraction of sp³-hybridized carbons (Fsp3) is 0.217. The van der Waals surface area contributed by atoms with E-state index in [4.69, 9.17) is 4.74 Å². The standard InChI is InChI=1S/C23H25N3O2/c1-16(2)28-21-10-8-20(9-11-21)26-23(27)18-12-13-24-22(14-18)25-15-19-7-5-4-6-17(19)3/h4-14,16H,15H2,1-3H3,(H,24,25)(H,26,27). The molecule has 1 aromatic heterocycles. The average molecular weight is 375 g/mol. The predicted octanol–water partition coefficient (Wildman–Crippen LogP) is 5.04. The van der Waals surface area contributed by atoms with E-state index in [1.165, 1.54) is 11.1 Å². The molecule has 0 aliphatic rings. The number of hydrogen-bond acceptors (Lipinski definition) is 4. The third-order valence-corrected chi connectivity index (χ3v) is 4.23. The van der Waals surface area contributed by atoms with Crippen molar-refractivity contribution in [3.63, 3.8) is 0 Å². The number of aryl methyl sites for hydroxylation is 1. The van der Waals surface area contributed by atoms with E-state index in [1.54, 1.807) is 18.3 Å². The zero-order chi connectivity index (χ0) is 19.9. The van der Waals surface area contributed by atoms with Gasteiger partial charge in [0.05, 0.1) is 6.10 Å². The summed E-state index contributed by atoms with van der Waals surface area (Å²) in [6.45, 7) is 6.68. The molecule has 144 valence electrons. The van der Waals surface area contributed by atoms with Crippen LogP contribution in [0.4, 0.5) is 11.5 Å². The van der Waals surface area contributed by atoms with Crippen LogP contribution >= 0.6 is 0 Å². The van der Waals surface area contributed by atoms with Gasteiger partial charge in [-0.25, -0.2) is 4.98 Å². The van der Waals surface area contributed by atoms with Gasteiger partial charge in [0, 0.05) is 24.0 Å². The smallest absolute Gasteiger partial charge is 0.255 e. The molecule has 3 rings (SSSR count). The number of amides is 1. The van der Waals surface area contributed by atoms with Crippen molar-refractivity contribution in [2.45, 2.75) is 33.4 Å². The number of nitrogens with one attached hydrogen (secondary N) is 2. The molecule has 0 saturated heterocycles. The van der Waals surface area contributed by atoms with Crippen LogP contribution in [-0.2, 0) is 6.54 Å². The Bertz CT molecular complexity index is 937. The lowest BCUT2D eigenvalue weighted by Gasteiger charge is -2.11. The Balaban J connectivity index is 1.62. The molecule has 2 aromatic carbocycles. The number of benzene rings is 2. The van der Waals surface area contributed by atoms with E-state index < -0.39 is 0 Å². The molecule has 0 atom stereocenters. The fourth-order valence-electron chi connectivity index (χ4n) is 2.75. The summed E-state index contributed by atoms with van der Waals surface area (Å²) in [6, 6.07) is 19.0. The first kappa shape index (κ1) is 19.4. The van der Waals surface area contributed by atoms with Gasteiger partial charge in [0.15, 0.2) is 0 Å². The van der Waals surface area contributed by atoms with Gasteiger partial charge in [-0.05, 0) is 68.3 Å². The normalized spacial score (nSPS) is 10.6. The minimum absolute atomic E-state index is 0.114. The third-order valence-electron chi connectivity index (χ3n) is 4.23. The second-order valence-electron chi connectivity index (χ2n) is 6.85. The molecule has 0 aliphatic heterocycles. The first-order valence-electron chi connectivity index (χ1n) is 9.34. The molecule has 0 aliphatic carbocycles. The van der Waals surface area contributed by atoms with Gasteiger partial charge in [0.2, 0.25) is 0 Å². The summed E-state index contributed by atoms with van der Waals surface area (Å²) in [5.74, 6) is 1.26. The molecular formula is C23H25N3O2. The van der Waals surface area contributed by atoms with Gasteiger partial charge in [-0.2, -0.15) is 0 Å². The van der Waals surface area contributed by atoms with Crippen LogP contribution in [0.1, 0.15) is 35.3 Å². The van der Waals surface area contributed by atoms with E-state index >= 15 is 0 Å². The minimum Gasteiger partial charge on any atom is -0.491 e. The Kier molecular flexibility index (Phi) is 6.27. The summed E-state index contributed by atoms with van der Waals surface area (Å²) in [6.07, 6.45) is 1.75. The van der Waals surface area contributed by atoms with Crippen molar-refractivity contribution in [1.29, 1.82) is 0 Å². The van der Waals surface area contributed by atoms with Crippen LogP contribution in [0.5, 0.6) is 5.75 Å². The van der Waals surface area contributed by atoms with Crippen molar-refractivity contribution in [1.82, 2.24) is 4.98 Å². The van der Waals surface area contributed by atoms with Crippen molar-refractivity contribution in [3.05, 3.63) is 83.6 Å². The SMILES string of the molecule is Cc1ccccc1CNc1cc(C(=O)Nc2ccc(OC(C)C)cc2)ccn1. The van der Waals surface area contributed by atoms with Crippen LogP contribution in [0.25, 0.3) is 0 Å². The Morgan fingerprint density at radius 1 is 1.07 bits per heavy atom. The van der Waals surface area contributed by atoms with E-state index in [9.17, 15) is 4.79 Å². The van der Waals surface area contributed by atoms with Crippen LogP contribution < -0.4 is 15.4 Å². The monoisotopic (exact) mass is 375 g/mol. The number of carbonyl (C=O) groups is 1. The van der Waals surface area contributed by atoms with E-state index in [0.717, 1.165) is 5.75 Å². The molecule has 28 heavy (non-hydrogen) atoms. The van der Waals surface area contributed by atoms with Crippen LogP contribution in [0.15, 0.2) is 66.9 Å².